The van der Waals surface area contributed by atoms with E-state index in [0.29, 0.717) is 23.7 Å². The molecular weight excluding hydrogens is 282 g/mol. The molecule has 1 rings (SSSR count). The van der Waals surface area contributed by atoms with Crippen molar-refractivity contribution in [2.24, 2.45) is 7.05 Å². The molecule has 0 aliphatic carbocycles. The van der Waals surface area contributed by atoms with Crippen molar-refractivity contribution in [2.45, 2.75) is 45.7 Å². The Kier molecular flexibility index (Phi) is 6.50. The molecule has 6 heteroatoms. The molecule has 0 saturated heterocycles. The number of aromatic nitrogens is 2. The Hall–Kier alpha value is -0.390. The minimum absolute atomic E-state index is 0.320. The smallest absolute Gasteiger partial charge is 0.131 e. The highest BCUT2D eigenvalue weighted by Crippen LogP contribution is 2.25. The van der Waals surface area contributed by atoms with Gasteiger partial charge in [0.1, 0.15) is 5.15 Å². The van der Waals surface area contributed by atoms with Gasteiger partial charge in [-0.15, -0.1) is 0 Å². The molecule has 0 unspecified atom stereocenters. The van der Waals surface area contributed by atoms with Crippen molar-refractivity contribution in [2.75, 3.05) is 12.0 Å². The van der Waals surface area contributed by atoms with E-state index in [2.05, 4.69) is 31.2 Å². The zero-order chi connectivity index (χ0) is 14.6. The Morgan fingerprint density at radius 2 is 2.05 bits per heavy atom. The monoisotopic (exact) mass is 305 g/mol. The Morgan fingerprint density at radius 3 is 2.58 bits per heavy atom. The van der Waals surface area contributed by atoms with Gasteiger partial charge in [0.05, 0.1) is 5.69 Å². The average molecular weight is 306 g/mol. The summed E-state index contributed by atoms with van der Waals surface area (Å²) < 4.78 is 12.8. The first-order valence-electron chi connectivity index (χ1n) is 6.57. The zero-order valence-electron chi connectivity index (χ0n) is 12.4. The lowest BCUT2D eigenvalue weighted by Crippen LogP contribution is -2.27. The third-order valence-electron chi connectivity index (χ3n) is 3.11. The molecule has 1 N–H and O–H groups in total. The van der Waals surface area contributed by atoms with Crippen LogP contribution in [0.1, 0.15) is 44.4 Å². The van der Waals surface area contributed by atoms with Crippen LogP contribution in [0.4, 0.5) is 0 Å². The summed E-state index contributed by atoms with van der Waals surface area (Å²) in [6.07, 6.45) is 2.64. The van der Waals surface area contributed by atoms with Crippen molar-refractivity contribution in [1.82, 2.24) is 15.1 Å². The lowest BCUT2D eigenvalue weighted by atomic mass is 10.1. The second-order valence-electron chi connectivity index (χ2n) is 5.28. The van der Waals surface area contributed by atoms with Crippen molar-refractivity contribution < 1.29 is 4.21 Å². The minimum Gasteiger partial charge on any atom is -0.310 e. The van der Waals surface area contributed by atoms with E-state index in [1.165, 1.54) is 0 Å². The SMILES string of the molecule is CC(C)c1nn(C)c(Cl)c1CN[C@@H](C)CC[S@](C)=O. The maximum atomic E-state index is 11.1. The van der Waals surface area contributed by atoms with Gasteiger partial charge < -0.3 is 5.32 Å². The second-order valence-corrected chi connectivity index (χ2v) is 7.19. The fraction of sp³-hybridized carbons (Fsp3) is 0.769. The lowest BCUT2D eigenvalue weighted by Gasteiger charge is -2.14. The van der Waals surface area contributed by atoms with E-state index in [-0.39, 0.29) is 0 Å². The van der Waals surface area contributed by atoms with Gasteiger partial charge in [-0.05, 0) is 19.3 Å². The van der Waals surface area contributed by atoms with Crippen molar-refractivity contribution >= 4 is 22.4 Å². The van der Waals surface area contributed by atoms with Crippen LogP contribution >= 0.6 is 11.6 Å². The summed E-state index contributed by atoms with van der Waals surface area (Å²) in [4.78, 5) is 0. The predicted molar refractivity (Wildman–Crippen MR) is 82.2 cm³/mol. The fourth-order valence-electron chi connectivity index (χ4n) is 1.92. The van der Waals surface area contributed by atoms with Crippen molar-refractivity contribution in [3.05, 3.63) is 16.4 Å². The first-order valence-corrected chi connectivity index (χ1v) is 8.68. The fourth-order valence-corrected chi connectivity index (χ4v) is 2.80. The van der Waals surface area contributed by atoms with Gasteiger partial charge in [-0.3, -0.25) is 8.89 Å². The minimum atomic E-state index is -0.729. The molecule has 4 nitrogen and oxygen atoms in total. The molecule has 1 aromatic rings. The largest absolute Gasteiger partial charge is 0.310 e. The number of rotatable bonds is 7. The van der Waals surface area contributed by atoms with Crippen LogP contribution in [-0.4, -0.2) is 32.0 Å². The third-order valence-corrected chi connectivity index (χ3v) is 4.40. The van der Waals surface area contributed by atoms with E-state index in [4.69, 9.17) is 11.6 Å². The standard InChI is InChI=1S/C13H24ClN3OS/c1-9(2)12-11(13(14)17(4)16-12)8-15-10(3)6-7-19(5)18/h9-10,15H,6-8H2,1-5H3/t10-,19-/m0/s1. The summed E-state index contributed by atoms with van der Waals surface area (Å²) in [5, 5.41) is 8.59. The predicted octanol–water partition coefficient (Wildman–Crippen LogP) is 2.44. The molecule has 1 aromatic heterocycles. The van der Waals surface area contributed by atoms with Gasteiger partial charge in [-0.2, -0.15) is 5.10 Å². The molecule has 0 fully saturated rings. The maximum Gasteiger partial charge on any atom is 0.131 e. The first-order chi connectivity index (χ1) is 8.82. The molecule has 0 spiro atoms. The van der Waals surface area contributed by atoms with Gasteiger partial charge in [0, 0.05) is 48.0 Å². The zero-order valence-corrected chi connectivity index (χ0v) is 13.9. The normalized spacial score (nSPS) is 14.9. The molecule has 19 heavy (non-hydrogen) atoms. The highest BCUT2D eigenvalue weighted by Gasteiger charge is 2.17. The average Bonchev–Trinajstić information content (AvgIpc) is 2.61. The maximum absolute atomic E-state index is 11.1. The van der Waals surface area contributed by atoms with Crippen LogP contribution in [0.25, 0.3) is 0 Å². The molecule has 2 atom stereocenters. The highest BCUT2D eigenvalue weighted by molar-refractivity contribution is 7.84. The molecule has 110 valence electrons. The highest BCUT2D eigenvalue weighted by atomic mass is 35.5. The summed E-state index contributed by atoms with van der Waals surface area (Å²) >= 11 is 6.28. The Labute approximate surface area is 123 Å². The van der Waals surface area contributed by atoms with Gasteiger partial charge in [-0.25, -0.2) is 0 Å². The van der Waals surface area contributed by atoms with E-state index in [0.717, 1.165) is 23.4 Å². The number of nitrogens with zero attached hydrogens (tertiary/aromatic N) is 2. The quantitative estimate of drug-likeness (QED) is 0.841. The van der Waals surface area contributed by atoms with E-state index >= 15 is 0 Å². The molecule has 0 aliphatic rings. The van der Waals surface area contributed by atoms with Gasteiger partial charge in [-0.1, -0.05) is 25.4 Å². The number of hydrogen-bond acceptors (Lipinski definition) is 3. The van der Waals surface area contributed by atoms with Crippen molar-refractivity contribution in [3.8, 4) is 0 Å². The summed E-state index contributed by atoms with van der Waals surface area (Å²) in [7, 11) is 1.13. The van der Waals surface area contributed by atoms with Gasteiger partial charge in [0.15, 0.2) is 0 Å². The van der Waals surface area contributed by atoms with Crippen molar-refractivity contribution in [3.63, 3.8) is 0 Å². The first kappa shape index (κ1) is 16.7. The molecule has 0 saturated carbocycles. The van der Waals surface area contributed by atoms with Crippen LogP contribution in [0.2, 0.25) is 5.15 Å². The van der Waals surface area contributed by atoms with Crippen molar-refractivity contribution in [1.29, 1.82) is 0 Å². The molecule has 0 amide bonds. The molecule has 0 aromatic carbocycles. The molecule has 1 heterocycles. The van der Waals surface area contributed by atoms with Crippen LogP contribution in [0.3, 0.4) is 0 Å². The molecule has 0 aliphatic heterocycles. The third kappa shape index (κ3) is 4.89. The van der Waals surface area contributed by atoms with Crippen LogP contribution in [-0.2, 0) is 24.4 Å². The molecular formula is C13H24ClN3OS. The van der Waals surface area contributed by atoms with Crippen LogP contribution in [0.5, 0.6) is 0 Å². The lowest BCUT2D eigenvalue weighted by molar-refractivity contribution is 0.532. The van der Waals surface area contributed by atoms with Gasteiger partial charge in [0.2, 0.25) is 0 Å². The van der Waals surface area contributed by atoms with Crippen LogP contribution in [0.15, 0.2) is 0 Å². The molecule has 0 radical (unpaired) electrons. The van der Waals surface area contributed by atoms with Gasteiger partial charge in [0.25, 0.3) is 0 Å². The Morgan fingerprint density at radius 1 is 1.42 bits per heavy atom. The topological polar surface area (TPSA) is 46.9 Å². The van der Waals surface area contributed by atoms with E-state index in [1.807, 2.05) is 7.05 Å². The van der Waals surface area contributed by atoms with Crippen LogP contribution in [0, 0.1) is 0 Å². The number of nitrogens with one attached hydrogen (secondary N) is 1. The summed E-state index contributed by atoms with van der Waals surface area (Å²) in [5.41, 5.74) is 2.12. The summed E-state index contributed by atoms with van der Waals surface area (Å²) in [6, 6.07) is 0.320. The summed E-state index contributed by atoms with van der Waals surface area (Å²) in [5.74, 6) is 1.08. The van der Waals surface area contributed by atoms with Gasteiger partial charge >= 0.3 is 0 Å². The Balaban J connectivity index is 2.64. The number of aryl methyl sites for hydroxylation is 1. The molecule has 0 bridgehead atoms. The van der Waals surface area contributed by atoms with E-state index < -0.39 is 10.8 Å². The Bertz CT molecular complexity index is 445. The van der Waals surface area contributed by atoms with Crippen LogP contribution < -0.4 is 5.32 Å². The number of hydrogen-bond donors (Lipinski definition) is 1. The number of halogens is 1. The second kappa shape index (κ2) is 7.41. The van der Waals surface area contributed by atoms with E-state index in [1.54, 1.807) is 10.9 Å². The van der Waals surface area contributed by atoms with E-state index in [9.17, 15) is 4.21 Å². The summed E-state index contributed by atoms with van der Waals surface area (Å²) in [6.45, 7) is 7.04.